The van der Waals surface area contributed by atoms with Crippen LogP contribution in [0.2, 0.25) is 0 Å². The second-order valence-corrected chi connectivity index (χ2v) is 10.2. The van der Waals surface area contributed by atoms with Gasteiger partial charge in [-0.25, -0.2) is 0 Å². The van der Waals surface area contributed by atoms with E-state index in [1.807, 2.05) is 13.0 Å². The maximum atomic E-state index is 13.1. The molecule has 1 N–H and O–H groups in total. The van der Waals surface area contributed by atoms with Gasteiger partial charge in [0.05, 0.1) is 5.41 Å². The van der Waals surface area contributed by atoms with Crippen molar-refractivity contribution in [1.82, 2.24) is 0 Å². The Kier molecular flexibility index (Phi) is 4.73. The van der Waals surface area contributed by atoms with Gasteiger partial charge >= 0.3 is 0 Å². The van der Waals surface area contributed by atoms with Crippen LogP contribution in [0.5, 0.6) is 0 Å². The van der Waals surface area contributed by atoms with E-state index in [2.05, 4.69) is 13.8 Å². The van der Waals surface area contributed by atoms with E-state index in [0.717, 1.165) is 38.5 Å². The lowest BCUT2D eigenvalue weighted by atomic mass is 9.44. The first-order valence-electron chi connectivity index (χ1n) is 11.2. The Balaban J connectivity index is 1.73. The molecule has 0 aromatic heterocycles. The van der Waals surface area contributed by atoms with Gasteiger partial charge in [-0.15, -0.1) is 0 Å². The number of allylic oxidation sites excluding steroid dienone is 1. The molecule has 28 heavy (non-hydrogen) atoms. The molecular weight excluding hydrogens is 352 g/mol. The lowest BCUT2D eigenvalue weighted by Gasteiger charge is -2.59. The van der Waals surface area contributed by atoms with Crippen LogP contribution in [-0.2, 0) is 14.4 Å². The normalized spacial score (nSPS) is 44.9. The van der Waals surface area contributed by atoms with Gasteiger partial charge < -0.3 is 5.11 Å². The van der Waals surface area contributed by atoms with Crippen LogP contribution in [0.15, 0.2) is 11.6 Å². The molecule has 0 heterocycles. The number of aliphatic hydroxyl groups is 1. The van der Waals surface area contributed by atoms with E-state index in [1.165, 1.54) is 5.57 Å². The predicted molar refractivity (Wildman–Crippen MR) is 107 cm³/mol. The first kappa shape index (κ1) is 20.0. The van der Waals surface area contributed by atoms with Crippen molar-refractivity contribution in [3.05, 3.63) is 11.6 Å². The van der Waals surface area contributed by atoms with Crippen molar-refractivity contribution in [2.75, 3.05) is 6.61 Å². The third-order valence-electron chi connectivity index (χ3n) is 9.57. The van der Waals surface area contributed by atoms with E-state index in [4.69, 9.17) is 0 Å². The molecule has 4 nitrogen and oxygen atoms in total. The maximum Gasteiger partial charge on any atom is 0.172 e. The fraction of sp³-hybridized carbons (Fsp3) is 0.792. The van der Waals surface area contributed by atoms with Crippen LogP contribution in [0.4, 0.5) is 0 Å². The van der Waals surface area contributed by atoms with Crippen LogP contribution in [0.3, 0.4) is 0 Å². The first-order valence-corrected chi connectivity index (χ1v) is 11.2. The maximum absolute atomic E-state index is 13.1. The number of carbonyl (C=O) groups is 3. The fourth-order valence-corrected chi connectivity index (χ4v) is 8.11. The zero-order chi connectivity index (χ0) is 20.3. The molecule has 6 atom stereocenters. The zero-order valence-corrected chi connectivity index (χ0v) is 17.6. The zero-order valence-electron chi connectivity index (χ0n) is 17.6. The van der Waals surface area contributed by atoms with Crippen molar-refractivity contribution in [2.24, 2.45) is 34.0 Å². The highest BCUT2D eigenvalue weighted by Crippen LogP contribution is 2.70. The van der Waals surface area contributed by atoms with Crippen molar-refractivity contribution >= 4 is 17.3 Å². The van der Waals surface area contributed by atoms with Crippen LogP contribution < -0.4 is 0 Å². The van der Waals surface area contributed by atoms with Crippen LogP contribution in [-0.4, -0.2) is 29.1 Å². The highest BCUT2D eigenvalue weighted by Gasteiger charge is 2.68. The summed E-state index contributed by atoms with van der Waals surface area (Å²) in [6, 6.07) is 0. The van der Waals surface area contributed by atoms with Crippen LogP contribution in [0, 0.1) is 34.0 Å². The van der Waals surface area contributed by atoms with Gasteiger partial charge in [-0.05, 0) is 79.6 Å². The van der Waals surface area contributed by atoms with Crippen LogP contribution in [0.1, 0.15) is 78.6 Å². The molecule has 0 unspecified atom stereocenters. The van der Waals surface area contributed by atoms with E-state index < -0.39 is 12.0 Å². The van der Waals surface area contributed by atoms with E-state index >= 15 is 0 Å². The van der Waals surface area contributed by atoms with Crippen molar-refractivity contribution in [3.8, 4) is 0 Å². The van der Waals surface area contributed by atoms with Crippen molar-refractivity contribution < 1.29 is 19.5 Å². The lowest BCUT2D eigenvalue weighted by molar-refractivity contribution is -0.157. The Bertz CT molecular complexity index is 734. The minimum Gasteiger partial charge on any atom is -0.389 e. The molecular formula is C24H34O4. The monoisotopic (exact) mass is 386 g/mol. The second kappa shape index (κ2) is 6.62. The number of Topliss-reactive ketones (excluding diaryl/α,β-unsaturated/α-hetero) is 2. The Morgan fingerprint density at radius 1 is 1.04 bits per heavy atom. The average Bonchev–Trinajstić information content (AvgIpc) is 3.01. The summed E-state index contributed by atoms with van der Waals surface area (Å²) in [5.41, 5.74) is 0.0995. The Hall–Kier alpha value is -1.29. The number of aliphatic hydroxyl groups excluding tert-OH is 1. The van der Waals surface area contributed by atoms with Gasteiger partial charge in [0.2, 0.25) is 0 Å². The summed E-state index contributed by atoms with van der Waals surface area (Å²) >= 11 is 0. The number of fused-ring (bicyclic) bond motifs is 5. The van der Waals surface area contributed by atoms with E-state index in [0.29, 0.717) is 37.0 Å². The first-order chi connectivity index (χ1) is 13.2. The largest absolute Gasteiger partial charge is 0.389 e. The van der Waals surface area contributed by atoms with Gasteiger partial charge in [-0.3, -0.25) is 14.4 Å². The number of carbonyl (C=O) groups excluding carboxylic acids is 3. The number of hydrogen-bond acceptors (Lipinski definition) is 4. The van der Waals surface area contributed by atoms with Crippen molar-refractivity contribution in [1.29, 1.82) is 0 Å². The summed E-state index contributed by atoms with van der Waals surface area (Å²) < 4.78 is 0. The lowest BCUT2D eigenvalue weighted by Crippen LogP contribution is -2.57. The number of ketones is 3. The molecule has 0 radical (unpaired) electrons. The molecule has 0 aromatic rings. The molecule has 0 spiro atoms. The molecule has 154 valence electrons. The van der Waals surface area contributed by atoms with Gasteiger partial charge in [0.1, 0.15) is 12.4 Å². The Morgan fingerprint density at radius 3 is 2.43 bits per heavy atom. The molecule has 4 rings (SSSR count). The highest BCUT2D eigenvalue weighted by molar-refractivity contribution is 6.08. The SMILES string of the molecule is CCC(=O)[C@]1(C(=O)CO)CC[C@H]2[C@@H]3CCC4=CC(=O)CC[C@]4(C)[C@H]3CC[C@@]21C. The molecule has 0 aliphatic heterocycles. The molecule has 0 saturated heterocycles. The smallest absolute Gasteiger partial charge is 0.172 e. The molecule has 3 fully saturated rings. The van der Waals surface area contributed by atoms with Gasteiger partial charge in [-0.2, -0.15) is 0 Å². The van der Waals surface area contributed by atoms with Gasteiger partial charge in [0.25, 0.3) is 0 Å². The topological polar surface area (TPSA) is 71.4 Å². The van der Waals surface area contributed by atoms with Crippen LogP contribution >= 0.6 is 0 Å². The standard InChI is InChI=1S/C24H34O4/c1-4-20(27)24(21(28)14-25)12-9-19-17-6-5-15-13-16(26)7-10-22(15,2)18(17)8-11-23(19,24)3/h13,17-19,25H,4-12,14H2,1-3H3/t17-,18+,19+,22+,23+,24+/m1/s1. The van der Waals surface area contributed by atoms with E-state index in [-0.39, 0.29) is 28.2 Å². The van der Waals surface area contributed by atoms with E-state index in [9.17, 15) is 19.5 Å². The minimum atomic E-state index is -0.994. The Labute approximate surface area is 168 Å². The fourth-order valence-electron chi connectivity index (χ4n) is 8.11. The van der Waals surface area contributed by atoms with Gasteiger partial charge in [0, 0.05) is 12.8 Å². The summed E-state index contributed by atoms with van der Waals surface area (Å²) in [5.74, 6) is 1.44. The van der Waals surface area contributed by atoms with E-state index in [1.54, 1.807) is 0 Å². The summed E-state index contributed by atoms with van der Waals surface area (Å²) in [4.78, 5) is 38.1. The van der Waals surface area contributed by atoms with Crippen molar-refractivity contribution in [2.45, 2.75) is 78.6 Å². The highest BCUT2D eigenvalue weighted by atomic mass is 16.3. The van der Waals surface area contributed by atoms with Gasteiger partial charge in [-0.1, -0.05) is 26.3 Å². The second-order valence-electron chi connectivity index (χ2n) is 10.2. The molecule has 4 aliphatic carbocycles. The summed E-state index contributed by atoms with van der Waals surface area (Å²) in [6.07, 6.45) is 9.28. The van der Waals surface area contributed by atoms with Crippen LogP contribution in [0.25, 0.3) is 0 Å². The summed E-state index contributed by atoms with van der Waals surface area (Å²) in [5, 5.41) is 9.72. The molecule has 0 aromatic carbocycles. The molecule has 4 aliphatic rings. The molecule has 4 heteroatoms. The predicted octanol–water partition coefficient (Wildman–Crippen LogP) is 4.05. The number of hydrogen-bond donors (Lipinski definition) is 1. The molecule has 3 saturated carbocycles. The minimum absolute atomic E-state index is 0.0286. The van der Waals surface area contributed by atoms with Gasteiger partial charge in [0.15, 0.2) is 11.6 Å². The number of rotatable bonds is 4. The quantitative estimate of drug-likeness (QED) is 0.740. The third kappa shape index (κ3) is 2.36. The summed E-state index contributed by atoms with van der Waals surface area (Å²) in [7, 11) is 0. The summed E-state index contributed by atoms with van der Waals surface area (Å²) in [6.45, 7) is 5.83. The Morgan fingerprint density at radius 2 is 1.75 bits per heavy atom. The third-order valence-corrected chi connectivity index (χ3v) is 9.57. The molecule has 0 bridgehead atoms. The van der Waals surface area contributed by atoms with Crippen molar-refractivity contribution in [3.63, 3.8) is 0 Å². The molecule has 0 amide bonds. The average molecular weight is 387 g/mol.